The molecule has 1 aromatic carbocycles. The number of alkyl halides is 1. The van der Waals surface area contributed by atoms with E-state index in [-0.39, 0.29) is 5.56 Å². The van der Waals surface area contributed by atoms with Gasteiger partial charge in [-0.3, -0.25) is 4.39 Å². The quantitative estimate of drug-likeness (QED) is 0.295. The molecule has 2 nitrogen and oxygen atoms in total. The summed E-state index contributed by atoms with van der Waals surface area (Å²) in [4.78, 5) is 11.8. The number of halogens is 2. The van der Waals surface area contributed by atoms with Crippen molar-refractivity contribution in [2.75, 3.05) is 12.9 Å². The van der Waals surface area contributed by atoms with Gasteiger partial charge in [-0.15, -0.1) is 11.8 Å². The molecule has 0 amide bonds. The molecule has 1 N–H and O–H groups in total. The highest BCUT2D eigenvalue weighted by Crippen LogP contribution is 2.24. The van der Waals surface area contributed by atoms with Crippen LogP contribution in [-0.4, -0.2) is 25.1 Å². The van der Waals surface area contributed by atoms with Gasteiger partial charge < -0.3 is 5.11 Å². The predicted octanol–water partition coefficient (Wildman–Crippen LogP) is 7.73. The molecule has 0 aliphatic carbocycles. The van der Waals surface area contributed by atoms with Gasteiger partial charge >= 0.3 is 5.97 Å². The maximum Gasteiger partial charge on any atom is 0.336 e. The molecule has 0 saturated heterocycles. The monoisotopic (exact) mass is 446 g/mol. The van der Waals surface area contributed by atoms with Crippen molar-refractivity contribution in [1.29, 1.82) is 1.12 Å². The van der Waals surface area contributed by atoms with Crippen molar-refractivity contribution in [2.24, 2.45) is 0 Å². The van der Waals surface area contributed by atoms with Gasteiger partial charge in [0.05, 0.1) is 13.9 Å². The third kappa shape index (κ3) is 14.1. The Morgan fingerprint density at radius 2 is 1.62 bits per heavy atom. The molecule has 164 valence electrons. The Hall–Kier alpha value is -1.53. The molecular formula is C23H34F2O2S2. The molecule has 1 rings (SSSR count). The Morgan fingerprint density at radius 1 is 1.07 bits per heavy atom. The van der Waals surface area contributed by atoms with Crippen LogP contribution in [0.3, 0.4) is 0 Å². The molecule has 0 bridgehead atoms. The third-order valence-corrected chi connectivity index (χ3v) is 4.97. The predicted molar refractivity (Wildman–Crippen MR) is 127 cm³/mol. The smallest absolute Gasteiger partial charge is 0.336 e. The van der Waals surface area contributed by atoms with Crippen LogP contribution in [0.15, 0.2) is 58.0 Å². The van der Waals surface area contributed by atoms with Gasteiger partial charge in [-0.2, -0.15) is 13.4 Å². The van der Waals surface area contributed by atoms with E-state index in [1.807, 2.05) is 0 Å². The van der Waals surface area contributed by atoms with Crippen LogP contribution in [0.1, 0.15) is 63.7 Å². The molecule has 0 aliphatic heterocycles. The van der Waals surface area contributed by atoms with Gasteiger partial charge in [0.1, 0.15) is 5.82 Å². The summed E-state index contributed by atoms with van der Waals surface area (Å²) in [6, 6.07) is 3.91. The summed E-state index contributed by atoms with van der Waals surface area (Å²) >= 11 is 4.20. The highest BCUT2D eigenvalue weighted by molar-refractivity contribution is 7.99. The van der Waals surface area contributed by atoms with Gasteiger partial charge in [0.2, 0.25) is 0 Å². The zero-order valence-electron chi connectivity index (χ0n) is 19.0. The molecule has 0 fully saturated rings. The van der Waals surface area contributed by atoms with E-state index < -0.39 is 11.8 Å². The molecule has 0 radical (unpaired) electrons. The molecule has 29 heavy (non-hydrogen) atoms. The molecule has 6 heteroatoms. The fraction of sp³-hybridized carbons (Fsp3) is 0.435. The topological polar surface area (TPSA) is 37.3 Å². The Balaban J connectivity index is 0. The second-order valence-corrected chi connectivity index (χ2v) is 7.78. The number of carboxylic acids is 1. The number of hydrogen-bond acceptors (Lipinski definition) is 2. The van der Waals surface area contributed by atoms with Crippen LogP contribution >= 0.6 is 25.2 Å². The second kappa shape index (κ2) is 17.3. The van der Waals surface area contributed by atoms with Crippen LogP contribution in [0.5, 0.6) is 0 Å². The minimum Gasteiger partial charge on any atom is -0.478 e. The van der Waals surface area contributed by atoms with Crippen molar-refractivity contribution in [3.63, 3.8) is 0 Å². The van der Waals surface area contributed by atoms with Crippen LogP contribution in [-0.2, 0) is 0 Å². The first-order chi connectivity index (χ1) is 14.3. The SMILES string of the molecule is CC(C)=CCC/C(C)=C/CC/C(C)=C/CSc1ccc(F)cc1C(=O)O.CF.[3H]S. The van der Waals surface area contributed by atoms with Crippen LogP contribution in [0.2, 0.25) is 0 Å². The maximum atomic E-state index is 13.2. The van der Waals surface area contributed by atoms with Gasteiger partial charge in [-0.05, 0) is 71.6 Å². The first-order valence-electron chi connectivity index (χ1n) is 9.72. The van der Waals surface area contributed by atoms with Crippen molar-refractivity contribution in [3.05, 3.63) is 64.5 Å². The van der Waals surface area contributed by atoms with Crippen LogP contribution in [0.25, 0.3) is 0 Å². The third-order valence-electron chi connectivity index (χ3n) is 3.97. The van der Waals surface area contributed by atoms with Gasteiger partial charge in [-0.25, -0.2) is 9.18 Å². The Morgan fingerprint density at radius 3 is 2.17 bits per heavy atom. The van der Waals surface area contributed by atoms with Gasteiger partial charge in [-0.1, -0.05) is 34.9 Å². The molecule has 0 aromatic heterocycles. The summed E-state index contributed by atoms with van der Waals surface area (Å²) in [6.45, 7) is 8.51. The molecule has 0 atom stereocenters. The second-order valence-electron chi connectivity index (χ2n) is 6.72. The zero-order valence-corrected chi connectivity index (χ0v) is 19.7. The van der Waals surface area contributed by atoms with Crippen LogP contribution in [0.4, 0.5) is 8.78 Å². The van der Waals surface area contributed by atoms with Crippen molar-refractivity contribution in [2.45, 2.75) is 58.3 Å². The lowest BCUT2D eigenvalue weighted by atomic mass is 10.1. The van der Waals surface area contributed by atoms with Crippen molar-refractivity contribution < 1.29 is 18.7 Å². The molecule has 0 unspecified atom stereocenters. The van der Waals surface area contributed by atoms with E-state index in [0.29, 0.717) is 17.8 Å². The number of thioether (sulfide) groups is 1. The fourth-order valence-corrected chi connectivity index (χ4v) is 3.42. The standard InChI is InChI=1S/C22H29FO2S.CH3F.H2S/c1-16(2)7-5-8-17(3)9-6-10-18(4)13-14-26-21-12-11-19(23)15-20(21)22(24)25;1-2;/h7,9,11-13,15H,5-6,8,10,14H2,1-4H3,(H,24,25);1H3;1H2/b17-9+,18-13+;;/i/hT. The molecule has 1 aromatic rings. The van der Waals surface area contributed by atoms with Crippen molar-refractivity contribution >= 4 is 31.1 Å². The van der Waals surface area contributed by atoms with Gasteiger partial charge in [0, 0.05) is 10.6 Å². The Bertz CT molecular complexity index is 713. The normalized spacial score (nSPS) is 11.4. The minimum absolute atomic E-state index is 0.0241. The molecular weight excluding hydrogens is 410 g/mol. The molecule has 0 aliphatic rings. The number of carboxylic acid groups (broad SMARTS) is 1. The van der Waals surface area contributed by atoms with Crippen molar-refractivity contribution in [1.82, 2.24) is 0 Å². The first-order valence-corrected chi connectivity index (χ1v) is 10.3. The number of benzene rings is 1. The van der Waals surface area contributed by atoms with E-state index in [4.69, 9.17) is 6.23 Å². The van der Waals surface area contributed by atoms with Gasteiger partial charge in [0.25, 0.3) is 0 Å². The fourth-order valence-electron chi connectivity index (χ4n) is 2.41. The highest BCUT2D eigenvalue weighted by atomic mass is 32.2. The maximum absolute atomic E-state index is 13.2. The van der Waals surface area contributed by atoms with E-state index in [9.17, 15) is 13.6 Å². The van der Waals surface area contributed by atoms with Crippen LogP contribution in [0, 0.1) is 5.82 Å². The summed E-state index contributed by atoms with van der Waals surface area (Å²) in [5, 5.41) is 9.15. The summed E-state index contributed by atoms with van der Waals surface area (Å²) in [7, 11) is 0.500. The number of carbonyl (C=O) groups is 1. The van der Waals surface area contributed by atoms with E-state index in [1.165, 1.54) is 40.6 Å². The van der Waals surface area contributed by atoms with Gasteiger partial charge in [0.15, 0.2) is 0 Å². The summed E-state index contributed by atoms with van der Waals surface area (Å²) in [5.74, 6) is -0.937. The number of aromatic carboxylic acids is 1. The number of allylic oxidation sites excluding steroid dienone is 5. The lowest BCUT2D eigenvalue weighted by Crippen LogP contribution is -1.99. The average Bonchev–Trinajstić information content (AvgIpc) is 2.71. The Labute approximate surface area is 186 Å². The Kier molecular flexibility index (Phi) is 16.4. The number of rotatable bonds is 10. The molecule has 0 spiro atoms. The van der Waals surface area contributed by atoms with Crippen molar-refractivity contribution in [3.8, 4) is 0 Å². The average molecular weight is 447 g/mol. The van der Waals surface area contributed by atoms with E-state index in [2.05, 4.69) is 59.3 Å². The van der Waals surface area contributed by atoms with Crippen LogP contribution < -0.4 is 0 Å². The summed E-state index contributed by atoms with van der Waals surface area (Å²) in [6.07, 6.45) is 10.9. The lowest BCUT2D eigenvalue weighted by molar-refractivity contribution is 0.0692. The number of hydrogen-bond donors (Lipinski definition) is 1. The molecule has 0 saturated carbocycles. The summed E-state index contributed by atoms with van der Waals surface area (Å²) < 4.78 is 28.1. The van der Waals surface area contributed by atoms with E-state index in [1.54, 1.807) is 0 Å². The molecule has 0 heterocycles. The largest absolute Gasteiger partial charge is 0.478 e. The first kappa shape index (κ1) is 27.5. The highest BCUT2D eigenvalue weighted by Gasteiger charge is 2.11. The van der Waals surface area contributed by atoms with E-state index in [0.717, 1.165) is 31.7 Å². The zero-order chi connectivity index (χ0) is 23.5. The van der Waals surface area contributed by atoms with E-state index >= 15 is 0 Å². The lowest BCUT2D eigenvalue weighted by Gasteiger charge is -2.05. The minimum atomic E-state index is -1.10. The summed E-state index contributed by atoms with van der Waals surface area (Å²) in [5.41, 5.74) is 4.09.